The molecule has 1 aromatic carbocycles. The maximum absolute atomic E-state index is 5.95. The largest absolute Gasteiger partial charge is 0.398 e. The van der Waals surface area contributed by atoms with Gasteiger partial charge in [-0.15, -0.1) is 11.3 Å². The number of hydrogen-bond donors (Lipinski definition) is 1. The van der Waals surface area contributed by atoms with Gasteiger partial charge < -0.3 is 5.73 Å². The number of hydrogen-bond acceptors (Lipinski definition) is 3. The third-order valence-electron chi connectivity index (χ3n) is 2.78. The predicted molar refractivity (Wildman–Crippen MR) is 75.2 cm³/mol. The number of aryl methyl sites for hydroxylation is 1. The van der Waals surface area contributed by atoms with Gasteiger partial charge in [0.15, 0.2) is 0 Å². The highest BCUT2D eigenvalue weighted by Crippen LogP contribution is 2.28. The van der Waals surface area contributed by atoms with Gasteiger partial charge in [-0.1, -0.05) is 31.9 Å². The van der Waals surface area contributed by atoms with Crippen LogP contribution < -0.4 is 5.73 Å². The van der Waals surface area contributed by atoms with Gasteiger partial charge in [0.1, 0.15) is 5.01 Å². The van der Waals surface area contributed by atoms with E-state index in [1.54, 1.807) is 11.3 Å². The van der Waals surface area contributed by atoms with Crippen LogP contribution in [-0.2, 0) is 6.42 Å². The molecule has 0 spiro atoms. The topological polar surface area (TPSA) is 38.9 Å². The molecule has 1 aromatic heterocycles. The zero-order valence-corrected chi connectivity index (χ0v) is 11.0. The maximum atomic E-state index is 5.95. The summed E-state index contributed by atoms with van der Waals surface area (Å²) in [7, 11) is 0. The van der Waals surface area contributed by atoms with Crippen molar-refractivity contribution in [3.05, 3.63) is 35.3 Å². The van der Waals surface area contributed by atoms with Crippen molar-refractivity contribution in [2.24, 2.45) is 0 Å². The number of aromatic nitrogens is 1. The third-order valence-corrected chi connectivity index (χ3v) is 3.70. The summed E-state index contributed by atoms with van der Waals surface area (Å²) in [5, 5.41) is 3.19. The highest BCUT2D eigenvalue weighted by atomic mass is 32.1. The molecule has 2 N–H and O–H groups in total. The number of nitrogen functional groups attached to an aromatic ring is 1. The van der Waals surface area contributed by atoms with Crippen LogP contribution in [0.1, 0.15) is 31.9 Å². The van der Waals surface area contributed by atoms with Crippen LogP contribution in [0.2, 0.25) is 0 Å². The van der Waals surface area contributed by atoms with Crippen molar-refractivity contribution in [1.82, 2.24) is 4.98 Å². The number of thiazole rings is 1. The first kappa shape index (κ1) is 12.1. The molecule has 0 fully saturated rings. The number of nitrogens with zero attached hydrogens (tertiary/aromatic N) is 1. The number of unbranched alkanes of at least 4 members (excludes halogenated alkanes) is 2. The van der Waals surface area contributed by atoms with E-state index < -0.39 is 0 Å². The molecule has 0 aliphatic heterocycles. The molecule has 0 unspecified atom stereocenters. The van der Waals surface area contributed by atoms with Crippen LogP contribution >= 0.6 is 11.3 Å². The molecule has 0 saturated heterocycles. The normalized spacial score (nSPS) is 10.6. The molecule has 0 atom stereocenters. The number of para-hydroxylation sites is 1. The van der Waals surface area contributed by atoms with Gasteiger partial charge in [-0.3, -0.25) is 0 Å². The van der Waals surface area contributed by atoms with Gasteiger partial charge in [0.25, 0.3) is 0 Å². The van der Waals surface area contributed by atoms with Crippen LogP contribution in [0.25, 0.3) is 10.6 Å². The Labute approximate surface area is 107 Å². The second-order valence-electron chi connectivity index (χ2n) is 4.19. The number of rotatable bonds is 5. The Kier molecular flexibility index (Phi) is 4.15. The molecule has 0 saturated carbocycles. The summed E-state index contributed by atoms with van der Waals surface area (Å²) in [6.45, 7) is 2.22. The number of nitrogens with two attached hydrogens (primary N) is 1. The molecule has 0 aliphatic carbocycles. The second kappa shape index (κ2) is 5.82. The van der Waals surface area contributed by atoms with E-state index in [-0.39, 0.29) is 0 Å². The molecule has 0 bridgehead atoms. The first-order chi connectivity index (χ1) is 8.31. The Balaban J connectivity index is 2.10. The minimum atomic E-state index is 0.807. The van der Waals surface area contributed by atoms with E-state index in [0.29, 0.717) is 0 Å². The molecule has 17 heavy (non-hydrogen) atoms. The standard InChI is InChI=1S/C14H18N2S/c1-2-3-4-7-11-10-17-14(16-11)12-8-5-6-9-13(12)15/h5-6,8-10H,2-4,7,15H2,1H3. The predicted octanol–water partition coefficient (Wildman–Crippen LogP) is 4.13. The van der Waals surface area contributed by atoms with E-state index in [4.69, 9.17) is 5.73 Å². The monoisotopic (exact) mass is 246 g/mol. The minimum Gasteiger partial charge on any atom is -0.398 e. The van der Waals surface area contributed by atoms with Crippen LogP contribution in [0, 0.1) is 0 Å². The van der Waals surface area contributed by atoms with Crippen LogP contribution in [0.4, 0.5) is 5.69 Å². The van der Waals surface area contributed by atoms with Gasteiger partial charge in [0.05, 0.1) is 5.69 Å². The molecule has 2 aromatic rings. The molecule has 2 nitrogen and oxygen atoms in total. The van der Waals surface area contributed by atoms with Gasteiger partial charge in [0.2, 0.25) is 0 Å². The first-order valence-electron chi connectivity index (χ1n) is 6.10. The average molecular weight is 246 g/mol. The van der Waals surface area contributed by atoms with Crippen LogP contribution in [0.5, 0.6) is 0 Å². The van der Waals surface area contributed by atoms with Crippen molar-refractivity contribution in [2.75, 3.05) is 5.73 Å². The molecular formula is C14H18N2S. The Hall–Kier alpha value is -1.35. The first-order valence-corrected chi connectivity index (χ1v) is 6.98. The SMILES string of the molecule is CCCCCc1csc(-c2ccccc2N)n1. The Morgan fingerprint density at radius 2 is 2.06 bits per heavy atom. The molecule has 3 heteroatoms. The van der Waals surface area contributed by atoms with E-state index in [0.717, 1.165) is 22.7 Å². The molecule has 0 radical (unpaired) electrons. The second-order valence-corrected chi connectivity index (χ2v) is 5.05. The molecular weight excluding hydrogens is 228 g/mol. The fourth-order valence-corrected chi connectivity index (χ4v) is 2.69. The third kappa shape index (κ3) is 3.07. The van der Waals surface area contributed by atoms with Crippen LogP contribution in [0.15, 0.2) is 29.6 Å². The highest BCUT2D eigenvalue weighted by molar-refractivity contribution is 7.13. The van der Waals surface area contributed by atoms with Gasteiger partial charge in [-0.2, -0.15) is 0 Å². The van der Waals surface area contributed by atoms with Crippen molar-refractivity contribution in [1.29, 1.82) is 0 Å². The fourth-order valence-electron chi connectivity index (χ4n) is 1.79. The molecule has 0 amide bonds. The summed E-state index contributed by atoms with van der Waals surface area (Å²) in [5.41, 5.74) is 9.01. The van der Waals surface area contributed by atoms with Crippen LogP contribution in [0.3, 0.4) is 0 Å². The molecule has 2 rings (SSSR count). The summed E-state index contributed by atoms with van der Waals surface area (Å²) < 4.78 is 0. The van der Waals surface area contributed by atoms with E-state index in [1.165, 1.54) is 25.0 Å². The lowest BCUT2D eigenvalue weighted by atomic mass is 10.1. The zero-order chi connectivity index (χ0) is 12.1. The smallest absolute Gasteiger partial charge is 0.125 e. The Bertz CT molecular complexity index is 477. The number of benzene rings is 1. The fraction of sp³-hybridized carbons (Fsp3) is 0.357. The van der Waals surface area contributed by atoms with Crippen molar-refractivity contribution in [3.63, 3.8) is 0 Å². The summed E-state index contributed by atoms with van der Waals surface area (Å²) in [6, 6.07) is 7.91. The van der Waals surface area contributed by atoms with Crippen molar-refractivity contribution < 1.29 is 0 Å². The average Bonchev–Trinajstić information content (AvgIpc) is 2.79. The Morgan fingerprint density at radius 3 is 2.82 bits per heavy atom. The summed E-state index contributed by atoms with van der Waals surface area (Å²) in [6.07, 6.45) is 4.84. The lowest BCUT2D eigenvalue weighted by molar-refractivity contribution is 0.710. The van der Waals surface area contributed by atoms with Crippen molar-refractivity contribution in [2.45, 2.75) is 32.6 Å². The summed E-state index contributed by atoms with van der Waals surface area (Å²) in [4.78, 5) is 4.65. The maximum Gasteiger partial charge on any atom is 0.125 e. The lowest BCUT2D eigenvalue weighted by Crippen LogP contribution is -1.90. The van der Waals surface area contributed by atoms with Crippen molar-refractivity contribution >= 4 is 17.0 Å². The van der Waals surface area contributed by atoms with Gasteiger partial charge in [-0.25, -0.2) is 4.98 Å². The molecule has 0 aliphatic rings. The summed E-state index contributed by atoms with van der Waals surface area (Å²) >= 11 is 1.68. The quantitative estimate of drug-likeness (QED) is 0.636. The summed E-state index contributed by atoms with van der Waals surface area (Å²) in [5.74, 6) is 0. The lowest BCUT2D eigenvalue weighted by Gasteiger charge is -2.00. The van der Waals surface area contributed by atoms with E-state index in [2.05, 4.69) is 17.3 Å². The van der Waals surface area contributed by atoms with Crippen LogP contribution in [-0.4, -0.2) is 4.98 Å². The van der Waals surface area contributed by atoms with E-state index in [9.17, 15) is 0 Å². The molecule has 1 heterocycles. The van der Waals surface area contributed by atoms with Gasteiger partial charge in [0, 0.05) is 16.6 Å². The van der Waals surface area contributed by atoms with Gasteiger partial charge in [-0.05, 0) is 25.0 Å². The zero-order valence-electron chi connectivity index (χ0n) is 10.1. The highest BCUT2D eigenvalue weighted by Gasteiger charge is 2.06. The van der Waals surface area contributed by atoms with E-state index in [1.807, 2.05) is 24.3 Å². The van der Waals surface area contributed by atoms with Gasteiger partial charge >= 0.3 is 0 Å². The Morgan fingerprint density at radius 1 is 1.24 bits per heavy atom. The molecule has 90 valence electrons. The minimum absolute atomic E-state index is 0.807. The van der Waals surface area contributed by atoms with Crippen molar-refractivity contribution in [3.8, 4) is 10.6 Å². The van der Waals surface area contributed by atoms with E-state index >= 15 is 0 Å². The number of anilines is 1.